The van der Waals surface area contributed by atoms with Crippen LogP contribution in [0.2, 0.25) is 0 Å². The van der Waals surface area contributed by atoms with E-state index in [1.165, 1.54) is 5.56 Å². The molecule has 90 valence electrons. The highest BCUT2D eigenvalue weighted by Crippen LogP contribution is 2.22. The van der Waals surface area contributed by atoms with Crippen LogP contribution in [0.4, 0.5) is 0 Å². The molecule has 0 saturated carbocycles. The van der Waals surface area contributed by atoms with E-state index in [9.17, 15) is 0 Å². The molecule has 3 heterocycles. The summed E-state index contributed by atoms with van der Waals surface area (Å²) in [7, 11) is 0. The van der Waals surface area contributed by atoms with Gasteiger partial charge in [0.2, 0.25) is 0 Å². The van der Waals surface area contributed by atoms with Crippen molar-refractivity contribution in [2.45, 2.75) is 6.54 Å². The molecule has 3 rings (SSSR count). The highest BCUT2D eigenvalue weighted by molar-refractivity contribution is 5.56. The van der Waals surface area contributed by atoms with Crippen LogP contribution in [0, 0.1) is 0 Å². The summed E-state index contributed by atoms with van der Waals surface area (Å²) < 4.78 is 5.41. The van der Waals surface area contributed by atoms with Crippen LogP contribution in [0.5, 0.6) is 0 Å². The second kappa shape index (κ2) is 4.73. The number of aromatic nitrogens is 2. The summed E-state index contributed by atoms with van der Waals surface area (Å²) in [4.78, 5) is 2.42. The molecule has 2 N–H and O–H groups in total. The van der Waals surface area contributed by atoms with Crippen LogP contribution in [0.1, 0.15) is 5.56 Å². The second-order valence-electron chi connectivity index (χ2n) is 4.27. The Labute approximate surface area is 99.8 Å². The minimum absolute atomic E-state index is 0.854. The molecule has 1 aliphatic rings. The van der Waals surface area contributed by atoms with Crippen molar-refractivity contribution in [3.05, 3.63) is 30.2 Å². The SMILES string of the molecule is c1coc(-c2[nH]ncc2CN2CCNCC2)c1. The predicted molar refractivity (Wildman–Crippen MR) is 64.4 cm³/mol. The molecule has 0 aliphatic carbocycles. The lowest BCUT2D eigenvalue weighted by Crippen LogP contribution is -2.42. The molecule has 5 nitrogen and oxygen atoms in total. The average Bonchev–Trinajstić information content (AvgIpc) is 3.00. The maximum absolute atomic E-state index is 5.41. The number of aromatic amines is 1. The van der Waals surface area contributed by atoms with Crippen LogP contribution in [-0.2, 0) is 6.54 Å². The Morgan fingerprint density at radius 3 is 3.00 bits per heavy atom. The molecule has 1 aliphatic heterocycles. The molecule has 2 aromatic heterocycles. The largest absolute Gasteiger partial charge is 0.463 e. The highest BCUT2D eigenvalue weighted by atomic mass is 16.3. The van der Waals surface area contributed by atoms with E-state index in [1.54, 1.807) is 6.26 Å². The smallest absolute Gasteiger partial charge is 0.151 e. The van der Waals surface area contributed by atoms with E-state index in [-0.39, 0.29) is 0 Å². The molecule has 0 aromatic carbocycles. The fourth-order valence-corrected chi connectivity index (χ4v) is 2.18. The van der Waals surface area contributed by atoms with E-state index in [2.05, 4.69) is 20.4 Å². The van der Waals surface area contributed by atoms with Gasteiger partial charge >= 0.3 is 0 Å². The van der Waals surface area contributed by atoms with Gasteiger partial charge in [-0.05, 0) is 12.1 Å². The zero-order chi connectivity index (χ0) is 11.5. The zero-order valence-electron chi connectivity index (χ0n) is 9.65. The molecule has 5 heteroatoms. The first kappa shape index (κ1) is 10.6. The van der Waals surface area contributed by atoms with Crippen LogP contribution in [0.25, 0.3) is 11.5 Å². The Balaban J connectivity index is 1.77. The highest BCUT2D eigenvalue weighted by Gasteiger charge is 2.15. The topological polar surface area (TPSA) is 57.1 Å². The maximum atomic E-state index is 5.41. The third-order valence-corrected chi connectivity index (χ3v) is 3.09. The Morgan fingerprint density at radius 1 is 1.35 bits per heavy atom. The van der Waals surface area contributed by atoms with Crippen molar-refractivity contribution in [3.63, 3.8) is 0 Å². The fraction of sp³-hybridized carbons (Fsp3) is 0.417. The molecule has 0 unspecified atom stereocenters. The summed E-state index contributed by atoms with van der Waals surface area (Å²) in [6.07, 6.45) is 3.57. The van der Waals surface area contributed by atoms with Crippen molar-refractivity contribution < 1.29 is 4.42 Å². The van der Waals surface area contributed by atoms with E-state index in [0.29, 0.717) is 0 Å². The molecule has 1 saturated heterocycles. The quantitative estimate of drug-likeness (QED) is 0.831. The van der Waals surface area contributed by atoms with E-state index in [1.807, 2.05) is 18.3 Å². The number of nitrogens with one attached hydrogen (secondary N) is 2. The standard InChI is InChI=1S/C12H16N4O/c1-2-11(17-7-1)12-10(8-14-15-12)9-16-5-3-13-4-6-16/h1-2,7-8,13H,3-6,9H2,(H,14,15). The number of piperazine rings is 1. The molecule has 0 bridgehead atoms. The third-order valence-electron chi connectivity index (χ3n) is 3.09. The lowest BCUT2D eigenvalue weighted by molar-refractivity contribution is 0.233. The van der Waals surface area contributed by atoms with Crippen molar-refractivity contribution in [1.82, 2.24) is 20.4 Å². The van der Waals surface area contributed by atoms with Gasteiger partial charge in [-0.3, -0.25) is 10.00 Å². The van der Waals surface area contributed by atoms with Crippen LogP contribution < -0.4 is 5.32 Å². The number of furan rings is 1. The van der Waals surface area contributed by atoms with Gasteiger partial charge in [-0.1, -0.05) is 0 Å². The Hall–Kier alpha value is -1.59. The molecular formula is C12H16N4O. The molecule has 2 aromatic rings. The van der Waals surface area contributed by atoms with Crippen molar-refractivity contribution in [2.24, 2.45) is 0 Å². The van der Waals surface area contributed by atoms with E-state index in [4.69, 9.17) is 4.42 Å². The number of nitrogens with zero attached hydrogens (tertiary/aromatic N) is 2. The summed E-state index contributed by atoms with van der Waals surface area (Å²) in [6, 6.07) is 3.85. The van der Waals surface area contributed by atoms with Gasteiger partial charge in [0, 0.05) is 38.3 Å². The summed E-state index contributed by atoms with van der Waals surface area (Å²) >= 11 is 0. The van der Waals surface area contributed by atoms with Gasteiger partial charge in [0.25, 0.3) is 0 Å². The summed E-state index contributed by atoms with van der Waals surface area (Å²) in [6.45, 7) is 5.22. The van der Waals surface area contributed by atoms with Crippen molar-refractivity contribution >= 4 is 0 Å². The van der Waals surface area contributed by atoms with Gasteiger partial charge < -0.3 is 9.73 Å². The van der Waals surface area contributed by atoms with Gasteiger partial charge in [0.05, 0.1) is 12.5 Å². The van der Waals surface area contributed by atoms with Crippen molar-refractivity contribution in [2.75, 3.05) is 26.2 Å². The molecule has 17 heavy (non-hydrogen) atoms. The van der Waals surface area contributed by atoms with E-state index in [0.717, 1.165) is 44.2 Å². The molecule has 1 fully saturated rings. The van der Waals surface area contributed by atoms with Gasteiger partial charge in [-0.15, -0.1) is 0 Å². The van der Waals surface area contributed by atoms with Crippen LogP contribution in [0.15, 0.2) is 29.0 Å². The summed E-state index contributed by atoms with van der Waals surface area (Å²) in [5, 5.41) is 10.5. The number of hydrogen-bond acceptors (Lipinski definition) is 4. The third kappa shape index (κ3) is 2.25. The van der Waals surface area contributed by atoms with Crippen molar-refractivity contribution in [1.29, 1.82) is 0 Å². The van der Waals surface area contributed by atoms with E-state index >= 15 is 0 Å². The Bertz CT molecular complexity index is 457. The molecule has 0 atom stereocenters. The fourth-order valence-electron chi connectivity index (χ4n) is 2.18. The first-order valence-corrected chi connectivity index (χ1v) is 5.92. The van der Waals surface area contributed by atoms with E-state index < -0.39 is 0 Å². The van der Waals surface area contributed by atoms with Gasteiger partial charge in [0.1, 0.15) is 5.69 Å². The lowest BCUT2D eigenvalue weighted by atomic mass is 10.2. The summed E-state index contributed by atoms with van der Waals surface area (Å²) in [5.74, 6) is 0.854. The van der Waals surface area contributed by atoms with Gasteiger partial charge in [-0.2, -0.15) is 5.10 Å². The predicted octanol–water partition coefficient (Wildman–Crippen LogP) is 1.07. The molecule has 0 spiro atoms. The normalized spacial score (nSPS) is 17.4. The minimum atomic E-state index is 0.854. The average molecular weight is 232 g/mol. The second-order valence-corrected chi connectivity index (χ2v) is 4.27. The summed E-state index contributed by atoms with van der Waals surface area (Å²) in [5.41, 5.74) is 2.19. The first-order valence-electron chi connectivity index (χ1n) is 5.92. The number of hydrogen-bond donors (Lipinski definition) is 2. The monoisotopic (exact) mass is 232 g/mol. The first-order chi connectivity index (χ1) is 8.43. The number of H-pyrrole nitrogens is 1. The Kier molecular flexibility index (Phi) is 2.94. The van der Waals surface area contributed by atoms with Gasteiger partial charge in [0.15, 0.2) is 5.76 Å². The zero-order valence-corrected chi connectivity index (χ0v) is 9.65. The lowest BCUT2D eigenvalue weighted by Gasteiger charge is -2.26. The molecular weight excluding hydrogens is 216 g/mol. The molecule has 0 radical (unpaired) electrons. The van der Waals surface area contributed by atoms with Crippen LogP contribution >= 0.6 is 0 Å². The van der Waals surface area contributed by atoms with Crippen molar-refractivity contribution in [3.8, 4) is 11.5 Å². The van der Waals surface area contributed by atoms with Crippen LogP contribution in [-0.4, -0.2) is 41.3 Å². The van der Waals surface area contributed by atoms with Crippen LogP contribution in [0.3, 0.4) is 0 Å². The Morgan fingerprint density at radius 2 is 2.24 bits per heavy atom. The molecule has 0 amide bonds. The maximum Gasteiger partial charge on any atom is 0.151 e. The minimum Gasteiger partial charge on any atom is -0.463 e. The number of rotatable bonds is 3. The van der Waals surface area contributed by atoms with Gasteiger partial charge in [-0.25, -0.2) is 0 Å².